The smallest absolute Gasteiger partial charge is 0.254 e. The summed E-state index contributed by atoms with van der Waals surface area (Å²) in [6.07, 6.45) is 5.23. The van der Waals surface area contributed by atoms with Crippen molar-refractivity contribution in [2.45, 2.75) is 63.5 Å². The van der Waals surface area contributed by atoms with Crippen LogP contribution in [0.5, 0.6) is 0 Å². The van der Waals surface area contributed by atoms with E-state index in [0.29, 0.717) is 18.0 Å². The van der Waals surface area contributed by atoms with E-state index in [1.807, 2.05) is 53.4 Å². The monoisotopic (exact) mass is 404 g/mol. The molecule has 3 unspecified atom stereocenters. The number of hydrogen-bond donors (Lipinski definition) is 1. The molecule has 1 aliphatic heterocycles. The Morgan fingerprint density at radius 1 is 0.967 bits per heavy atom. The van der Waals surface area contributed by atoms with Gasteiger partial charge in [0.05, 0.1) is 0 Å². The van der Waals surface area contributed by atoms with Crippen LogP contribution in [0.15, 0.2) is 60.7 Å². The molecule has 2 aromatic rings. The Kier molecular flexibility index (Phi) is 5.94. The third-order valence-electron chi connectivity index (χ3n) is 6.91. The highest BCUT2D eigenvalue weighted by Crippen LogP contribution is 2.40. The van der Waals surface area contributed by atoms with Crippen molar-refractivity contribution in [3.63, 3.8) is 0 Å². The van der Waals surface area contributed by atoms with Crippen LogP contribution in [0.1, 0.15) is 61.9 Å². The minimum absolute atomic E-state index is 0.00697. The molecule has 4 nitrogen and oxygen atoms in total. The summed E-state index contributed by atoms with van der Waals surface area (Å²) in [5.41, 5.74) is 1.70. The van der Waals surface area contributed by atoms with Gasteiger partial charge >= 0.3 is 0 Å². The molecule has 2 amide bonds. The van der Waals surface area contributed by atoms with Crippen LogP contribution >= 0.6 is 0 Å². The highest BCUT2D eigenvalue weighted by atomic mass is 16.2. The zero-order chi connectivity index (χ0) is 21.1. The number of nitrogens with zero attached hydrogens (tertiary/aromatic N) is 1. The molecule has 2 aromatic carbocycles. The van der Waals surface area contributed by atoms with Gasteiger partial charge in [0, 0.05) is 23.6 Å². The third-order valence-corrected chi connectivity index (χ3v) is 6.91. The second-order valence-electron chi connectivity index (χ2n) is 9.41. The Morgan fingerprint density at radius 2 is 1.60 bits per heavy atom. The fraction of sp³-hybridized carbons (Fsp3) is 0.462. The van der Waals surface area contributed by atoms with Crippen LogP contribution in [0.3, 0.4) is 0 Å². The molecule has 1 aliphatic carbocycles. The SMILES string of the molecule is CC(C)(CNC(=O)C1CC2CCCCC2N1C(=O)c1ccccc1)c1ccccc1. The lowest BCUT2D eigenvalue weighted by molar-refractivity contribution is -0.125. The molecule has 0 spiro atoms. The van der Waals surface area contributed by atoms with Crippen molar-refractivity contribution in [3.05, 3.63) is 71.8 Å². The zero-order valence-electron chi connectivity index (χ0n) is 18.0. The minimum Gasteiger partial charge on any atom is -0.353 e. The summed E-state index contributed by atoms with van der Waals surface area (Å²) >= 11 is 0. The van der Waals surface area contributed by atoms with E-state index in [0.717, 1.165) is 25.7 Å². The van der Waals surface area contributed by atoms with Gasteiger partial charge in [-0.3, -0.25) is 9.59 Å². The first-order valence-electron chi connectivity index (χ1n) is 11.2. The van der Waals surface area contributed by atoms with E-state index < -0.39 is 0 Å². The van der Waals surface area contributed by atoms with E-state index in [1.165, 1.54) is 12.0 Å². The lowest BCUT2D eigenvalue weighted by Gasteiger charge is -2.34. The van der Waals surface area contributed by atoms with Gasteiger partial charge < -0.3 is 10.2 Å². The van der Waals surface area contributed by atoms with Crippen molar-refractivity contribution in [1.29, 1.82) is 0 Å². The molecule has 1 saturated carbocycles. The number of benzene rings is 2. The first-order valence-corrected chi connectivity index (χ1v) is 11.2. The molecule has 0 radical (unpaired) electrons. The predicted molar refractivity (Wildman–Crippen MR) is 119 cm³/mol. The molecule has 3 atom stereocenters. The summed E-state index contributed by atoms with van der Waals surface area (Å²) < 4.78 is 0. The van der Waals surface area contributed by atoms with E-state index in [4.69, 9.17) is 0 Å². The first-order chi connectivity index (χ1) is 14.5. The number of carbonyl (C=O) groups excluding carboxylic acids is 2. The molecule has 158 valence electrons. The number of hydrogen-bond acceptors (Lipinski definition) is 2. The Hall–Kier alpha value is -2.62. The predicted octanol–water partition coefficient (Wildman–Crippen LogP) is 4.55. The number of carbonyl (C=O) groups is 2. The van der Waals surface area contributed by atoms with Crippen molar-refractivity contribution >= 4 is 11.8 Å². The van der Waals surface area contributed by atoms with Crippen molar-refractivity contribution in [1.82, 2.24) is 10.2 Å². The Labute approximate surface area is 179 Å². The quantitative estimate of drug-likeness (QED) is 0.795. The highest BCUT2D eigenvalue weighted by molar-refractivity contribution is 5.98. The van der Waals surface area contributed by atoms with E-state index in [1.54, 1.807) is 0 Å². The maximum absolute atomic E-state index is 13.4. The maximum Gasteiger partial charge on any atom is 0.254 e. The molecule has 4 rings (SSSR count). The first kappa shape index (κ1) is 20.6. The number of rotatable bonds is 5. The van der Waals surface area contributed by atoms with Gasteiger partial charge in [0.25, 0.3) is 5.91 Å². The largest absolute Gasteiger partial charge is 0.353 e. The number of fused-ring (bicyclic) bond motifs is 1. The summed E-state index contributed by atoms with van der Waals surface area (Å²) in [4.78, 5) is 28.6. The van der Waals surface area contributed by atoms with Crippen LogP contribution in [0.25, 0.3) is 0 Å². The Bertz CT molecular complexity index is 878. The summed E-state index contributed by atoms with van der Waals surface area (Å²) in [5, 5.41) is 3.18. The van der Waals surface area contributed by atoms with Crippen LogP contribution in [-0.4, -0.2) is 35.3 Å². The van der Waals surface area contributed by atoms with E-state index in [9.17, 15) is 9.59 Å². The highest BCUT2D eigenvalue weighted by Gasteiger charge is 2.47. The van der Waals surface area contributed by atoms with Crippen LogP contribution < -0.4 is 5.32 Å². The maximum atomic E-state index is 13.4. The molecular weight excluding hydrogens is 372 g/mol. The molecule has 1 heterocycles. The third kappa shape index (κ3) is 4.14. The molecule has 1 N–H and O–H groups in total. The average molecular weight is 405 g/mol. The zero-order valence-corrected chi connectivity index (χ0v) is 18.0. The normalized spacial score (nSPS) is 23.7. The van der Waals surface area contributed by atoms with Gasteiger partial charge in [-0.15, -0.1) is 0 Å². The number of likely N-dealkylation sites (tertiary alicyclic amines) is 1. The van der Waals surface area contributed by atoms with Crippen LogP contribution in [-0.2, 0) is 10.2 Å². The van der Waals surface area contributed by atoms with Crippen molar-refractivity contribution in [2.24, 2.45) is 5.92 Å². The summed E-state index contributed by atoms with van der Waals surface area (Å²) in [6, 6.07) is 19.5. The molecular formula is C26H32N2O2. The van der Waals surface area contributed by atoms with E-state index in [-0.39, 0.29) is 29.3 Å². The van der Waals surface area contributed by atoms with Gasteiger partial charge in [-0.1, -0.05) is 75.2 Å². The fourth-order valence-electron chi connectivity index (χ4n) is 5.13. The van der Waals surface area contributed by atoms with Crippen LogP contribution in [0.4, 0.5) is 0 Å². The summed E-state index contributed by atoms with van der Waals surface area (Å²) in [5.74, 6) is 0.412. The van der Waals surface area contributed by atoms with Crippen molar-refractivity contribution < 1.29 is 9.59 Å². The summed E-state index contributed by atoms with van der Waals surface area (Å²) in [6.45, 7) is 4.84. The van der Waals surface area contributed by atoms with Crippen molar-refractivity contribution in [2.75, 3.05) is 6.54 Å². The van der Waals surface area contributed by atoms with Gasteiger partial charge in [0.2, 0.25) is 5.91 Å². The fourth-order valence-corrected chi connectivity index (χ4v) is 5.13. The van der Waals surface area contributed by atoms with Crippen LogP contribution in [0.2, 0.25) is 0 Å². The van der Waals surface area contributed by atoms with Gasteiger partial charge in [0.15, 0.2) is 0 Å². The minimum atomic E-state index is -0.377. The average Bonchev–Trinajstić information content (AvgIpc) is 3.18. The molecule has 0 bridgehead atoms. The Balaban J connectivity index is 1.51. The van der Waals surface area contributed by atoms with E-state index >= 15 is 0 Å². The molecule has 2 fully saturated rings. The number of nitrogens with one attached hydrogen (secondary N) is 1. The lowest BCUT2D eigenvalue weighted by Crippen LogP contribution is -2.51. The Morgan fingerprint density at radius 3 is 2.30 bits per heavy atom. The second-order valence-corrected chi connectivity index (χ2v) is 9.41. The van der Waals surface area contributed by atoms with Gasteiger partial charge in [-0.25, -0.2) is 0 Å². The molecule has 1 saturated heterocycles. The standard InChI is InChI=1S/C26H32N2O2/c1-26(2,21-14-7-4-8-15-21)18-27-24(29)23-17-20-13-9-10-16-22(20)28(23)25(30)19-11-5-3-6-12-19/h3-8,11-12,14-15,20,22-23H,9-10,13,16-18H2,1-2H3,(H,27,29). The van der Waals surface area contributed by atoms with Crippen molar-refractivity contribution in [3.8, 4) is 0 Å². The molecule has 4 heteroatoms. The van der Waals surface area contributed by atoms with E-state index in [2.05, 4.69) is 31.3 Å². The summed E-state index contributed by atoms with van der Waals surface area (Å²) in [7, 11) is 0. The molecule has 2 aliphatic rings. The topological polar surface area (TPSA) is 49.4 Å². The second kappa shape index (κ2) is 8.63. The van der Waals surface area contributed by atoms with Gasteiger partial charge in [-0.05, 0) is 42.9 Å². The van der Waals surface area contributed by atoms with Gasteiger partial charge in [-0.2, -0.15) is 0 Å². The molecule has 0 aromatic heterocycles. The lowest BCUT2D eigenvalue weighted by atomic mass is 9.84. The van der Waals surface area contributed by atoms with Gasteiger partial charge in [0.1, 0.15) is 6.04 Å². The van der Waals surface area contributed by atoms with Crippen LogP contribution in [0, 0.1) is 5.92 Å². The molecule has 30 heavy (non-hydrogen) atoms. The number of amides is 2.